The fourth-order valence-corrected chi connectivity index (χ4v) is 4.26. The Kier molecular flexibility index (Phi) is 5.90. The van der Waals surface area contributed by atoms with Crippen LogP contribution in [0.3, 0.4) is 0 Å². The smallest absolute Gasteiger partial charge is 0.278 e. The fourth-order valence-electron chi connectivity index (χ4n) is 4.26. The van der Waals surface area contributed by atoms with E-state index in [1.807, 2.05) is 29.2 Å². The topological polar surface area (TPSA) is 91.8 Å². The van der Waals surface area contributed by atoms with Gasteiger partial charge in [0.1, 0.15) is 11.4 Å². The van der Waals surface area contributed by atoms with Crippen molar-refractivity contribution < 1.29 is 14.3 Å². The average molecular weight is 457 g/mol. The summed E-state index contributed by atoms with van der Waals surface area (Å²) in [6.07, 6.45) is 5.09. The molecule has 2 aliphatic rings. The Balaban J connectivity index is 1.45. The third-order valence-electron chi connectivity index (χ3n) is 6.00. The lowest BCUT2D eigenvalue weighted by Gasteiger charge is -2.36. The number of anilines is 1. The predicted molar refractivity (Wildman–Crippen MR) is 126 cm³/mol. The number of carbonyl (C=O) groups excluding carboxylic acids is 2. The molecule has 3 aromatic rings. The molecule has 172 valence electrons. The molecule has 4 heterocycles. The van der Waals surface area contributed by atoms with E-state index < -0.39 is 0 Å². The van der Waals surface area contributed by atoms with Crippen molar-refractivity contribution in [3.8, 4) is 5.75 Å². The lowest BCUT2D eigenvalue weighted by Crippen LogP contribution is -2.48. The number of carbonyl (C=O) groups is 2. The highest BCUT2D eigenvalue weighted by Gasteiger charge is 2.42. The molecule has 0 radical (unpaired) electrons. The molecule has 2 aliphatic heterocycles. The fraction of sp³-hybridized carbons (Fsp3) is 0.240. The van der Waals surface area contributed by atoms with Crippen molar-refractivity contribution in [1.82, 2.24) is 24.8 Å². The van der Waals surface area contributed by atoms with Gasteiger partial charge in [-0.05, 0) is 35.9 Å². The van der Waals surface area contributed by atoms with Gasteiger partial charge >= 0.3 is 0 Å². The van der Waals surface area contributed by atoms with Gasteiger partial charge in [-0.15, -0.1) is 0 Å². The summed E-state index contributed by atoms with van der Waals surface area (Å²) in [6, 6.07) is 14.5. The van der Waals surface area contributed by atoms with Crippen molar-refractivity contribution >= 4 is 23.3 Å². The van der Waals surface area contributed by atoms with Gasteiger partial charge in [-0.25, -0.2) is 9.97 Å². The number of amides is 2. The number of hydrogen-bond donors (Lipinski definition) is 0. The van der Waals surface area contributed by atoms with Crippen LogP contribution in [0.2, 0.25) is 0 Å². The molecule has 5 rings (SSSR count). The first-order valence-electron chi connectivity index (χ1n) is 11.1. The average Bonchev–Trinajstić information content (AvgIpc) is 3.15. The van der Waals surface area contributed by atoms with Gasteiger partial charge in [0.05, 0.1) is 24.9 Å². The largest absolute Gasteiger partial charge is 0.497 e. The van der Waals surface area contributed by atoms with Gasteiger partial charge in [-0.1, -0.05) is 18.2 Å². The summed E-state index contributed by atoms with van der Waals surface area (Å²) in [5.41, 5.74) is 2.18. The number of aromatic nitrogens is 3. The molecule has 0 unspecified atom stereocenters. The number of ether oxygens (including phenoxy) is 1. The van der Waals surface area contributed by atoms with Crippen LogP contribution in [-0.2, 0) is 16.1 Å². The molecule has 0 atom stereocenters. The molecule has 2 amide bonds. The number of nitrogens with zero attached hydrogens (tertiary/aromatic N) is 6. The Bertz CT molecular complexity index is 1210. The van der Waals surface area contributed by atoms with Crippen molar-refractivity contribution in [2.45, 2.75) is 6.54 Å². The molecule has 0 aliphatic carbocycles. The van der Waals surface area contributed by atoms with Crippen LogP contribution in [0.1, 0.15) is 11.3 Å². The third kappa shape index (κ3) is 4.07. The summed E-state index contributed by atoms with van der Waals surface area (Å²) in [7, 11) is 1.59. The number of imide groups is 1. The van der Waals surface area contributed by atoms with Gasteiger partial charge in [-0.2, -0.15) is 0 Å². The van der Waals surface area contributed by atoms with Crippen LogP contribution >= 0.6 is 0 Å². The Morgan fingerprint density at radius 2 is 1.47 bits per heavy atom. The molecule has 0 bridgehead atoms. The molecule has 1 fully saturated rings. The summed E-state index contributed by atoms with van der Waals surface area (Å²) < 4.78 is 5.26. The Labute approximate surface area is 197 Å². The van der Waals surface area contributed by atoms with Crippen LogP contribution < -0.4 is 9.64 Å². The van der Waals surface area contributed by atoms with Crippen LogP contribution in [0.5, 0.6) is 5.75 Å². The van der Waals surface area contributed by atoms with E-state index in [0.717, 1.165) is 0 Å². The van der Waals surface area contributed by atoms with Crippen LogP contribution in [-0.4, -0.2) is 69.9 Å². The van der Waals surface area contributed by atoms with Crippen LogP contribution in [0.15, 0.2) is 72.8 Å². The number of hydrogen-bond acceptors (Lipinski definition) is 8. The van der Waals surface area contributed by atoms with E-state index in [4.69, 9.17) is 4.74 Å². The lowest BCUT2D eigenvalue weighted by molar-refractivity contribution is -0.138. The van der Waals surface area contributed by atoms with Crippen molar-refractivity contribution in [1.29, 1.82) is 0 Å². The molecule has 0 spiro atoms. The number of piperazine rings is 1. The number of benzene rings is 1. The van der Waals surface area contributed by atoms with E-state index in [9.17, 15) is 9.59 Å². The minimum absolute atomic E-state index is 0.124. The number of methoxy groups -OCH3 is 1. The van der Waals surface area contributed by atoms with Gasteiger partial charge in [0.15, 0.2) is 0 Å². The zero-order valence-electron chi connectivity index (χ0n) is 18.8. The van der Waals surface area contributed by atoms with Crippen molar-refractivity contribution in [2.75, 3.05) is 38.2 Å². The first-order chi connectivity index (χ1) is 16.7. The molecule has 2 aromatic heterocycles. The molecular weight excluding hydrogens is 432 g/mol. The second kappa shape index (κ2) is 9.30. The molecule has 1 aromatic carbocycles. The molecule has 0 saturated carbocycles. The normalized spacial score (nSPS) is 16.4. The van der Waals surface area contributed by atoms with Gasteiger partial charge in [0.25, 0.3) is 11.8 Å². The summed E-state index contributed by atoms with van der Waals surface area (Å²) in [5.74, 6) is 0.733. The second-order valence-electron chi connectivity index (χ2n) is 7.99. The SMILES string of the molecule is COc1ccc(C2=C(N3CCN(c4ncccn4)CC3)C(=O)N(Cc3ccccn3)C2=O)cc1. The minimum atomic E-state index is -0.315. The summed E-state index contributed by atoms with van der Waals surface area (Å²) in [4.78, 5) is 45.4. The van der Waals surface area contributed by atoms with E-state index in [-0.39, 0.29) is 18.4 Å². The third-order valence-corrected chi connectivity index (χ3v) is 6.00. The Hall–Kier alpha value is -4.27. The molecule has 1 saturated heterocycles. The van der Waals surface area contributed by atoms with Crippen LogP contribution in [0.4, 0.5) is 5.95 Å². The van der Waals surface area contributed by atoms with Gasteiger partial charge in [0.2, 0.25) is 5.95 Å². The predicted octanol–water partition coefficient (Wildman–Crippen LogP) is 1.98. The summed E-state index contributed by atoms with van der Waals surface area (Å²) in [5, 5.41) is 0. The lowest BCUT2D eigenvalue weighted by atomic mass is 10.0. The van der Waals surface area contributed by atoms with E-state index in [1.54, 1.807) is 50.0 Å². The first kappa shape index (κ1) is 21.6. The molecular formula is C25H24N6O3. The van der Waals surface area contributed by atoms with E-state index in [2.05, 4.69) is 19.9 Å². The van der Waals surface area contributed by atoms with Gasteiger partial charge < -0.3 is 14.5 Å². The maximum atomic E-state index is 13.6. The summed E-state index contributed by atoms with van der Waals surface area (Å²) >= 11 is 0. The molecule has 9 heteroatoms. The van der Waals surface area contributed by atoms with Gasteiger partial charge in [-0.3, -0.25) is 19.5 Å². The van der Waals surface area contributed by atoms with Crippen molar-refractivity contribution in [2.24, 2.45) is 0 Å². The highest BCUT2D eigenvalue weighted by molar-refractivity contribution is 6.35. The minimum Gasteiger partial charge on any atom is -0.497 e. The molecule has 9 nitrogen and oxygen atoms in total. The summed E-state index contributed by atoms with van der Waals surface area (Å²) in [6.45, 7) is 2.56. The van der Waals surface area contributed by atoms with E-state index in [1.165, 1.54) is 4.90 Å². The zero-order valence-corrected chi connectivity index (χ0v) is 18.8. The van der Waals surface area contributed by atoms with Crippen LogP contribution in [0, 0.1) is 0 Å². The van der Waals surface area contributed by atoms with Gasteiger partial charge in [0, 0.05) is 44.8 Å². The highest BCUT2D eigenvalue weighted by atomic mass is 16.5. The maximum absolute atomic E-state index is 13.6. The Morgan fingerprint density at radius 3 is 2.12 bits per heavy atom. The maximum Gasteiger partial charge on any atom is 0.278 e. The van der Waals surface area contributed by atoms with Crippen LogP contribution in [0.25, 0.3) is 5.57 Å². The number of pyridine rings is 1. The molecule has 34 heavy (non-hydrogen) atoms. The van der Waals surface area contributed by atoms with E-state index >= 15 is 0 Å². The second-order valence-corrected chi connectivity index (χ2v) is 7.99. The monoisotopic (exact) mass is 456 g/mol. The highest BCUT2D eigenvalue weighted by Crippen LogP contribution is 2.34. The Morgan fingerprint density at radius 1 is 0.794 bits per heavy atom. The standard InChI is InChI=1S/C25H24N6O3/c1-34-20-8-6-18(7-9-20)21-22(24(33)31(23(21)32)17-19-5-2-3-10-26-19)29-13-15-30(16-14-29)25-27-11-4-12-28-25/h2-12H,13-17H2,1H3. The molecule has 0 N–H and O–H groups in total. The number of rotatable bonds is 6. The zero-order chi connectivity index (χ0) is 23.5. The van der Waals surface area contributed by atoms with Crippen molar-refractivity contribution in [3.63, 3.8) is 0 Å². The van der Waals surface area contributed by atoms with Crippen molar-refractivity contribution in [3.05, 3.63) is 84.1 Å². The first-order valence-corrected chi connectivity index (χ1v) is 11.1. The quantitative estimate of drug-likeness (QED) is 0.520. The van der Waals surface area contributed by atoms with E-state index in [0.29, 0.717) is 60.4 Å².